The maximum absolute atomic E-state index is 13.2. The van der Waals surface area contributed by atoms with Gasteiger partial charge in [-0.3, -0.25) is 9.89 Å². The van der Waals surface area contributed by atoms with Crippen LogP contribution in [0, 0.1) is 5.82 Å². The highest BCUT2D eigenvalue weighted by Gasteiger charge is 2.10. The van der Waals surface area contributed by atoms with E-state index >= 15 is 0 Å². The van der Waals surface area contributed by atoms with E-state index in [0.29, 0.717) is 28.8 Å². The van der Waals surface area contributed by atoms with Crippen molar-refractivity contribution in [2.75, 3.05) is 17.7 Å². The zero-order valence-electron chi connectivity index (χ0n) is 15.4. The number of rotatable bonds is 6. The maximum Gasteiger partial charge on any atom is 0.230 e. The van der Waals surface area contributed by atoms with Crippen molar-refractivity contribution in [3.63, 3.8) is 0 Å². The first-order valence-electron chi connectivity index (χ1n) is 8.76. The molecule has 0 radical (unpaired) electrons. The predicted octanol–water partition coefficient (Wildman–Crippen LogP) is 3.43. The minimum Gasteiger partial charge on any atom is -0.497 e. The molecular weight excluding hydrogens is 375 g/mol. The van der Waals surface area contributed by atoms with Crippen LogP contribution in [-0.2, 0) is 11.2 Å². The third-order valence-corrected chi connectivity index (χ3v) is 4.18. The number of halogens is 1. The van der Waals surface area contributed by atoms with Gasteiger partial charge < -0.3 is 15.4 Å². The molecule has 0 saturated carbocycles. The molecule has 2 heterocycles. The van der Waals surface area contributed by atoms with Gasteiger partial charge in [0.15, 0.2) is 5.82 Å². The number of hydrogen-bond donors (Lipinski definition) is 3. The smallest absolute Gasteiger partial charge is 0.230 e. The second kappa shape index (κ2) is 7.93. The quantitative estimate of drug-likeness (QED) is 0.464. The number of methoxy groups -OCH3 is 1. The molecule has 0 aliphatic heterocycles. The van der Waals surface area contributed by atoms with Gasteiger partial charge in [-0.2, -0.15) is 5.10 Å². The van der Waals surface area contributed by atoms with Crippen molar-refractivity contribution in [3.8, 4) is 5.75 Å². The number of nitrogens with one attached hydrogen (secondary N) is 3. The van der Waals surface area contributed by atoms with Crippen molar-refractivity contribution in [2.45, 2.75) is 6.42 Å². The Hall–Kier alpha value is -4.01. The maximum atomic E-state index is 13.2. The van der Waals surface area contributed by atoms with Crippen molar-refractivity contribution < 1.29 is 13.9 Å². The summed E-state index contributed by atoms with van der Waals surface area (Å²) >= 11 is 0. The zero-order chi connectivity index (χ0) is 20.2. The van der Waals surface area contributed by atoms with Crippen LogP contribution in [0.3, 0.4) is 0 Å². The number of carbonyl (C=O) groups excluding carboxylic acids is 1. The number of amides is 1. The molecule has 1 amide bonds. The molecule has 146 valence electrons. The van der Waals surface area contributed by atoms with Crippen molar-refractivity contribution in [1.82, 2.24) is 20.2 Å². The first-order chi connectivity index (χ1) is 14.1. The molecule has 0 bridgehead atoms. The largest absolute Gasteiger partial charge is 0.497 e. The molecule has 8 nitrogen and oxygen atoms in total. The summed E-state index contributed by atoms with van der Waals surface area (Å²) in [7, 11) is 1.59. The third kappa shape index (κ3) is 4.29. The van der Waals surface area contributed by atoms with Gasteiger partial charge in [0, 0.05) is 28.9 Å². The van der Waals surface area contributed by atoms with Gasteiger partial charge in [-0.05, 0) is 30.3 Å². The van der Waals surface area contributed by atoms with E-state index in [4.69, 9.17) is 4.74 Å². The molecule has 3 N–H and O–H groups in total. The SMILES string of the molecule is COc1ccc2c(Nc3cc(CC(=O)Nc4cccc(F)c4)[nH]n3)ncnc2c1. The van der Waals surface area contributed by atoms with Crippen molar-refractivity contribution in [1.29, 1.82) is 0 Å². The van der Waals surface area contributed by atoms with Gasteiger partial charge in [-0.25, -0.2) is 14.4 Å². The molecule has 0 spiro atoms. The molecule has 29 heavy (non-hydrogen) atoms. The average Bonchev–Trinajstić information content (AvgIpc) is 3.14. The van der Waals surface area contributed by atoms with Gasteiger partial charge in [-0.15, -0.1) is 0 Å². The zero-order valence-corrected chi connectivity index (χ0v) is 15.4. The van der Waals surface area contributed by atoms with Crippen LogP contribution in [-0.4, -0.2) is 33.2 Å². The molecule has 2 aromatic carbocycles. The van der Waals surface area contributed by atoms with Crippen molar-refractivity contribution in [3.05, 3.63) is 66.4 Å². The van der Waals surface area contributed by atoms with E-state index in [0.717, 1.165) is 10.9 Å². The number of fused-ring (bicyclic) bond motifs is 1. The Labute approximate surface area is 165 Å². The second-order valence-electron chi connectivity index (χ2n) is 6.24. The Morgan fingerprint density at radius 3 is 2.90 bits per heavy atom. The van der Waals surface area contributed by atoms with Crippen LogP contribution in [0.2, 0.25) is 0 Å². The summed E-state index contributed by atoms with van der Waals surface area (Å²) in [4.78, 5) is 20.7. The highest BCUT2D eigenvalue weighted by atomic mass is 19.1. The topological polar surface area (TPSA) is 105 Å². The lowest BCUT2D eigenvalue weighted by molar-refractivity contribution is -0.115. The fraction of sp³-hybridized carbons (Fsp3) is 0.100. The third-order valence-electron chi connectivity index (χ3n) is 4.18. The Bertz CT molecular complexity index is 1180. The normalized spacial score (nSPS) is 10.7. The summed E-state index contributed by atoms with van der Waals surface area (Å²) in [6.45, 7) is 0. The van der Waals surface area contributed by atoms with E-state index in [1.807, 2.05) is 18.2 Å². The first-order valence-corrected chi connectivity index (χ1v) is 8.76. The lowest BCUT2D eigenvalue weighted by Crippen LogP contribution is -2.14. The Morgan fingerprint density at radius 2 is 2.07 bits per heavy atom. The van der Waals surface area contributed by atoms with Crippen LogP contribution in [0.5, 0.6) is 5.75 Å². The molecule has 4 aromatic rings. The lowest BCUT2D eigenvalue weighted by Gasteiger charge is -2.07. The van der Waals surface area contributed by atoms with Crippen LogP contribution in [0.25, 0.3) is 10.9 Å². The summed E-state index contributed by atoms with van der Waals surface area (Å²) in [5.74, 6) is 1.10. The molecule has 0 unspecified atom stereocenters. The molecule has 0 aliphatic carbocycles. The Kier molecular flexibility index (Phi) is 5.02. The van der Waals surface area contributed by atoms with Gasteiger partial charge in [-0.1, -0.05) is 6.07 Å². The van der Waals surface area contributed by atoms with Gasteiger partial charge in [0.05, 0.1) is 19.0 Å². The summed E-state index contributed by atoms with van der Waals surface area (Å²) in [5, 5.41) is 13.5. The van der Waals surface area contributed by atoms with Crippen LogP contribution in [0.1, 0.15) is 5.69 Å². The summed E-state index contributed by atoms with van der Waals surface area (Å²) in [6.07, 6.45) is 1.51. The fourth-order valence-corrected chi connectivity index (χ4v) is 2.85. The number of ether oxygens (including phenoxy) is 1. The predicted molar refractivity (Wildman–Crippen MR) is 107 cm³/mol. The lowest BCUT2D eigenvalue weighted by atomic mass is 10.2. The van der Waals surface area contributed by atoms with Crippen LogP contribution >= 0.6 is 0 Å². The fourth-order valence-electron chi connectivity index (χ4n) is 2.85. The highest BCUT2D eigenvalue weighted by molar-refractivity contribution is 5.93. The standard InChI is InChI=1S/C20H17FN6O2/c1-29-15-5-6-16-17(10-15)22-11-23-20(16)25-18-8-14(26-27-18)9-19(28)24-13-4-2-3-12(21)7-13/h2-8,10-11H,9H2,1H3,(H,24,28)(H2,22,23,25,26,27). The number of hydrogen-bond acceptors (Lipinski definition) is 6. The minimum absolute atomic E-state index is 0.0624. The number of anilines is 3. The molecule has 2 aromatic heterocycles. The molecule has 4 rings (SSSR count). The molecule has 0 fully saturated rings. The van der Waals surface area contributed by atoms with E-state index < -0.39 is 5.82 Å². The van der Waals surface area contributed by atoms with Crippen molar-refractivity contribution in [2.24, 2.45) is 0 Å². The number of H-pyrrole nitrogens is 1. The molecular formula is C20H17FN6O2. The summed E-state index contributed by atoms with van der Waals surface area (Å²) in [6, 6.07) is 12.9. The molecule has 0 saturated heterocycles. The van der Waals surface area contributed by atoms with Crippen LogP contribution in [0.4, 0.5) is 21.7 Å². The summed E-state index contributed by atoms with van der Waals surface area (Å²) < 4.78 is 18.4. The Morgan fingerprint density at radius 1 is 1.17 bits per heavy atom. The van der Waals surface area contributed by atoms with E-state index in [2.05, 4.69) is 30.8 Å². The minimum atomic E-state index is -0.412. The number of carbonyl (C=O) groups is 1. The van der Waals surface area contributed by atoms with Gasteiger partial charge in [0.25, 0.3) is 0 Å². The van der Waals surface area contributed by atoms with Gasteiger partial charge in [0.1, 0.15) is 23.7 Å². The number of nitrogens with zero attached hydrogens (tertiary/aromatic N) is 3. The number of benzene rings is 2. The second-order valence-corrected chi connectivity index (χ2v) is 6.24. The van der Waals surface area contributed by atoms with Crippen LogP contribution in [0.15, 0.2) is 54.9 Å². The van der Waals surface area contributed by atoms with Crippen LogP contribution < -0.4 is 15.4 Å². The molecule has 0 atom stereocenters. The van der Waals surface area contributed by atoms with Gasteiger partial charge in [0.2, 0.25) is 5.91 Å². The average molecular weight is 392 g/mol. The van der Waals surface area contributed by atoms with E-state index in [1.54, 1.807) is 19.2 Å². The number of aromatic nitrogens is 4. The molecule has 9 heteroatoms. The Balaban J connectivity index is 1.45. The molecule has 0 aliphatic rings. The summed E-state index contributed by atoms with van der Waals surface area (Å²) in [5.41, 5.74) is 1.73. The van der Waals surface area contributed by atoms with Gasteiger partial charge >= 0.3 is 0 Å². The van der Waals surface area contributed by atoms with E-state index in [1.165, 1.54) is 24.5 Å². The van der Waals surface area contributed by atoms with Crippen molar-refractivity contribution >= 4 is 34.1 Å². The van der Waals surface area contributed by atoms with E-state index in [-0.39, 0.29) is 12.3 Å². The van der Waals surface area contributed by atoms with E-state index in [9.17, 15) is 9.18 Å². The monoisotopic (exact) mass is 392 g/mol. The number of aromatic amines is 1. The highest BCUT2D eigenvalue weighted by Crippen LogP contribution is 2.25. The first kappa shape index (κ1) is 18.4.